The average molecular weight is 222 g/mol. The van der Waals surface area contributed by atoms with Crippen molar-refractivity contribution in [1.29, 1.82) is 0 Å². The van der Waals surface area contributed by atoms with Crippen LogP contribution in [0.3, 0.4) is 0 Å². The molecule has 0 aromatic rings. The quantitative estimate of drug-likeness (QED) is 0.179. The number of carbonyl (C=O) groups excluding carboxylic acids is 1. The summed E-state index contributed by atoms with van der Waals surface area (Å²) in [5.74, 6) is 0.0752. The van der Waals surface area contributed by atoms with Crippen LogP contribution >= 0.6 is 11.6 Å². The zero-order valence-corrected chi connectivity index (χ0v) is 9.09. The number of unbranched alkanes of at least 4 members (excludes halogenated alkanes) is 2. The molecule has 0 atom stereocenters. The predicted octanol–water partition coefficient (Wildman–Crippen LogP) is 2.18. The van der Waals surface area contributed by atoms with E-state index in [1.54, 1.807) is 6.92 Å². The van der Waals surface area contributed by atoms with Crippen molar-refractivity contribution in [3.8, 4) is 0 Å². The van der Waals surface area contributed by atoms with Crippen LogP contribution in [0.5, 0.6) is 0 Å². The number of carbonyl (C=O) groups is 1. The number of alkyl halides is 1. The van der Waals surface area contributed by atoms with Gasteiger partial charge in [0.1, 0.15) is 0 Å². The molecule has 0 rings (SSSR count). The maximum absolute atomic E-state index is 11.1. The van der Waals surface area contributed by atoms with Crippen LogP contribution in [-0.2, 0) is 9.53 Å². The van der Waals surface area contributed by atoms with Gasteiger partial charge in [-0.15, -0.1) is 11.6 Å². The number of nitrogens with zero attached hydrogens (tertiary/aromatic N) is 1. The Bertz CT molecular complexity index is 194. The summed E-state index contributed by atoms with van der Waals surface area (Å²) in [5.41, 5.74) is 0.0847. The molecule has 0 saturated carbocycles. The van der Waals surface area contributed by atoms with E-state index in [2.05, 4.69) is 5.16 Å². The fraction of sp³-hybridized carbons (Fsp3) is 0.778. The van der Waals surface area contributed by atoms with Crippen molar-refractivity contribution in [2.24, 2.45) is 5.16 Å². The van der Waals surface area contributed by atoms with E-state index in [9.17, 15) is 4.79 Å². The molecule has 0 aromatic heterocycles. The fourth-order valence-electron chi connectivity index (χ4n) is 0.971. The van der Waals surface area contributed by atoms with E-state index in [4.69, 9.17) is 21.5 Å². The van der Waals surface area contributed by atoms with Crippen molar-refractivity contribution >= 4 is 23.3 Å². The van der Waals surface area contributed by atoms with Gasteiger partial charge >= 0.3 is 5.97 Å². The van der Waals surface area contributed by atoms with Gasteiger partial charge < -0.3 is 9.94 Å². The van der Waals surface area contributed by atoms with E-state index in [0.717, 1.165) is 19.3 Å². The lowest BCUT2D eigenvalue weighted by Gasteiger charge is -2.03. The molecule has 0 radical (unpaired) electrons. The molecule has 0 spiro atoms. The molecule has 0 amide bonds. The first-order valence-electron chi connectivity index (χ1n) is 4.70. The second-order valence-electron chi connectivity index (χ2n) is 2.77. The molecule has 0 saturated heterocycles. The summed E-state index contributed by atoms with van der Waals surface area (Å²) in [4.78, 5) is 11.1. The zero-order chi connectivity index (χ0) is 10.8. The van der Waals surface area contributed by atoms with Crippen LogP contribution in [0.15, 0.2) is 5.16 Å². The molecule has 14 heavy (non-hydrogen) atoms. The van der Waals surface area contributed by atoms with Crippen molar-refractivity contribution in [2.75, 3.05) is 12.5 Å². The van der Waals surface area contributed by atoms with Gasteiger partial charge in [-0.05, 0) is 19.8 Å². The predicted molar refractivity (Wildman–Crippen MR) is 55.0 cm³/mol. The van der Waals surface area contributed by atoms with Crippen LogP contribution in [0.25, 0.3) is 0 Å². The van der Waals surface area contributed by atoms with E-state index in [0.29, 0.717) is 18.9 Å². The number of esters is 1. The Kier molecular flexibility index (Phi) is 8.33. The number of hydrogen-bond acceptors (Lipinski definition) is 4. The highest BCUT2D eigenvalue weighted by Crippen LogP contribution is 2.03. The van der Waals surface area contributed by atoms with Crippen LogP contribution < -0.4 is 0 Å². The number of rotatable bonds is 7. The van der Waals surface area contributed by atoms with Crippen LogP contribution in [0, 0.1) is 0 Å². The Labute approximate surface area is 88.9 Å². The molecule has 0 aromatic carbocycles. The van der Waals surface area contributed by atoms with Crippen LogP contribution in [-0.4, -0.2) is 29.4 Å². The third-order valence-corrected chi connectivity index (χ3v) is 1.95. The molecule has 0 bridgehead atoms. The molecule has 0 aliphatic rings. The first-order chi connectivity index (χ1) is 6.76. The van der Waals surface area contributed by atoms with E-state index in [1.807, 2.05) is 0 Å². The number of oxime groups is 1. The first-order valence-corrected chi connectivity index (χ1v) is 5.23. The first kappa shape index (κ1) is 13.2. The largest absolute Gasteiger partial charge is 0.461 e. The average Bonchev–Trinajstić information content (AvgIpc) is 2.18. The highest BCUT2D eigenvalue weighted by Gasteiger charge is 2.12. The smallest absolute Gasteiger partial charge is 0.356 e. The Hall–Kier alpha value is -0.770. The summed E-state index contributed by atoms with van der Waals surface area (Å²) in [6.07, 6.45) is 3.04. The number of halogens is 1. The van der Waals surface area contributed by atoms with Crippen molar-refractivity contribution in [1.82, 2.24) is 0 Å². The topological polar surface area (TPSA) is 58.9 Å². The van der Waals surface area contributed by atoms with Crippen molar-refractivity contribution < 1.29 is 14.7 Å². The lowest BCUT2D eigenvalue weighted by atomic mass is 10.1. The van der Waals surface area contributed by atoms with Crippen molar-refractivity contribution in [3.05, 3.63) is 0 Å². The second kappa shape index (κ2) is 8.81. The van der Waals surface area contributed by atoms with Crippen molar-refractivity contribution in [3.63, 3.8) is 0 Å². The molecule has 5 heteroatoms. The summed E-state index contributed by atoms with van der Waals surface area (Å²) in [5, 5.41) is 11.5. The van der Waals surface area contributed by atoms with Gasteiger partial charge in [0.15, 0.2) is 5.71 Å². The van der Waals surface area contributed by atoms with E-state index in [1.165, 1.54) is 0 Å². The van der Waals surface area contributed by atoms with Gasteiger partial charge in [-0.1, -0.05) is 11.6 Å². The summed E-state index contributed by atoms with van der Waals surface area (Å²) in [6.45, 7) is 2.00. The van der Waals surface area contributed by atoms with Gasteiger partial charge in [0.05, 0.1) is 6.61 Å². The van der Waals surface area contributed by atoms with Gasteiger partial charge in [-0.2, -0.15) is 0 Å². The van der Waals surface area contributed by atoms with Crippen LogP contribution in [0.2, 0.25) is 0 Å². The zero-order valence-electron chi connectivity index (χ0n) is 8.33. The molecule has 4 nitrogen and oxygen atoms in total. The monoisotopic (exact) mass is 221 g/mol. The highest BCUT2D eigenvalue weighted by molar-refractivity contribution is 6.36. The summed E-state index contributed by atoms with van der Waals surface area (Å²) in [7, 11) is 0. The van der Waals surface area contributed by atoms with Gasteiger partial charge in [0.2, 0.25) is 0 Å². The molecular weight excluding hydrogens is 206 g/mol. The number of hydrogen-bond donors (Lipinski definition) is 1. The lowest BCUT2D eigenvalue weighted by Crippen LogP contribution is -2.17. The summed E-state index contributed by atoms with van der Waals surface area (Å²) < 4.78 is 4.70. The van der Waals surface area contributed by atoms with E-state index < -0.39 is 5.97 Å². The number of ether oxygens (including phenoxy) is 1. The third-order valence-electron chi connectivity index (χ3n) is 1.68. The van der Waals surface area contributed by atoms with Gasteiger partial charge in [0.25, 0.3) is 0 Å². The minimum absolute atomic E-state index is 0.0847. The molecule has 82 valence electrons. The molecule has 0 aliphatic heterocycles. The van der Waals surface area contributed by atoms with Gasteiger partial charge in [-0.25, -0.2) is 4.79 Å². The van der Waals surface area contributed by atoms with Gasteiger partial charge in [0, 0.05) is 12.3 Å². The SMILES string of the molecule is CCOC(=O)/C(CCCCCCl)=N/O. The standard InChI is InChI=1S/C9H16ClNO3/c1-2-14-9(12)8(11-13)6-4-3-5-7-10/h13H,2-7H2,1H3/b11-8+. The third kappa shape index (κ3) is 5.80. The van der Waals surface area contributed by atoms with Crippen LogP contribution in [0.1, 0.15) is 32.6 Å². The Morgan fingerprint density at radius 3 is 2.64 bits per heavy atom. The summed E-state index contributed by atoms with van der Waals surface area (Å²) in [6, 6.07) is 0. The maximum Gasteiger partial charge on any atom is 0.356 e. The molecular formula is C9H16ClNO3. The Morgan fingerprint density at radius 2 is 2.14 bits per heavy atom. The Morgan fingerprint density at radius 1 is 1.43 bits per heavy atom. The molecule has 1 N–H and O–H groups in total. The Balaban J connectivity index is 3.75. The minimum Gasteiger partial charge on any atom is -0.461 e. The van der Waals surface area contributed by atoms with E-state index >= 15 is 0 Å². The minimum atomic E-state index is -0.541. The van der Waals surface area contributed by atoms with Crippen LogP contribution in [0.4, 0.5) is 0 Å². The normalized spacial score (nSPS) is 11.4. The fourth-order valence-corrected chi connectivity index (χ4v) is 1.16. The molecule has 0 heterocycles. The molecule has 0 unspecified atom stereocenters. The molecule has 0 aliphatic carbocycles. The van der Waals surface area contributed by atoms with Crippen molar-refractivity contribution in [2.45, 2.75) is 32.6 Å². The summed E-state index contributed by atoms with van der Waals surface area (Å²) >= 11 is 5.49. The van der Waals surface area contributed by atoms with Gasteiger partial charge in [-0.3, -0.25) is 0 Å². The maximum atomic E-state index is 11.1. The molecule has 0 fully saturated rings. The lowest BCUT2D eigenvalue weighted by molar-refractivity contribution is -0.135. The second-order valence-corrected chi connectivity index (χ2v) is 3.14. The highest BCUT2D eigenvalue weighted by atomic mass is 35.5. The van der Waals surface area contributed by atoms with E-state index in [-0.39, 0.29) is 5.71 Å².